The molecule has 1 aliphatic rings. The zero-order valence-electron chi connectivity index (χ0n) is 11.7. The number of aromatic nitrogens is 4. The van der Waals surface area contributed by atoms with Crippen molar-refractivity contribution in [1.82, 2.24) is 25.5 Å². The van der Waals surface area contributed by atoms with Gasteiger partial charge in [-0.15, -0.1) is 5.10 Å². The van der Waals surface area contributed by atoms with Gasteiger partial charge in [0.25, 0.3) is 0 Å². The maximum Gasteiger partial charge on any atom is 0.165 e. The third kappa shape index (κ3) is 3.95. The average molecular weight is 269 g/mol. The molecule has 0 aromatic carbocycles. The number of ether oxygens (including phenoxy) is 2. The standard InChI is InChI=1S/C12H23N5O2/c1-3-11-10(4-6-19-11)9-17-12(14-15-16-17)8-13-5-7-18-2/h10-11,13H,3-9H2,1-2H3. The topological polar surface area (TPSA) is 74.1 Å². The number of rotatable bonds is 8. The first-order valence-electron chi connectivity index (χ1n) is 6.91. The molecule has 7 heteroatoms. The molecule has 1 fully saturated rings. The summed E-state index contributed by atoms with van der Waals surface area (Å²) in [5.41, 5.74) is 0. The van der Waals surface area contributed by atoms with E-state index in [9.17, 15) is 0 Å². The first-order chi connectivity index (χ1) is 9.35. The van der Waals surface area contributed by atoms with Gasteiger partial charge in [-0.2, -0.15) is 0 Å². The summed E-state index contributed by atoms with van der Waals surface area (Å²) in [7, 11) is 1.69. The van der Waals surface area contributed by atoms with Gasteiger partial charge < -0.3 is 14.8 Å². The van der Waals surface area contributed by atoms with E-state index in [0.29, 0.717) is 25.2 Å². The molecule has 0 saturated carbocycles. The molecule has 2 atom stereocenters. The molecule has 1 aromatic heterocycles. The van der Waals surface area contributed by atoms with Crippen LogP contribution in [0.3, 0.4) is 0 Å². The van der Waals surface area contributed by atoms with Crippen LogP contribution in [0.4, 0.5) is 0 Å². The lowest BCUT2D eigenvalue weighted by atomic mass is 10.00. The molecule has 108 valence electrons. The summed E-state index contributed by atoms with van der Waals surface area (Å²) >= 11 is 0. The van der Waals surface area contributed by atoms with Gasteiger partial charge >= 0.3 is 0 Å². The molecule has 1 aromatic rings. The van der Waals surface area contributed by atoms with Gasteiger partial charge in [-0.05, 0) is 23.3 Å². The van der Waals surface area contributed by atoms with Crippen LogP contribution in [-0.2, 0) is 22.6 Å². The zero-order valence-corrected chi connectivity index (χ0v) is 11.7. The van der Waals surface area contributed by atoms with Crippen molar-refractivity contribution < 1.29 is 9.47 Å². The van der Waals surface area contributed by atoms with Gasteiger partial charge in [0.2, 0.25) is 0 Å². The Morgan fingerprint density at radius 2 is 2.42 bits per heavy atom. The molecule has 0 amide bonds. The highest BCUT2D eigenvalue weighted by Crippen LogP contribution is 2.24. The molecular formula is C12H23N5O2. The second kappa shape index (κ2) is 7.52. The summed E-state index contributed by atoms with van der Waals surface area (Å²) in [4.78, 5) is 0. The molecule has 2 unspecified atom stereocenters. The number of methoxy groups -OCH3 is 1. The van der Waals surface area contributed by atoms with Crippen LogP contribution in [0.2, 0.25) is 0 Å². The van der Waals surface area contributed by atoms with Gasteiger partial charge in [0.15, 0.2) is 5.82 Å². The van der Waals surface area contributed by atoms with Crippen molar-refractivity contribution in [3.63, 3.8) is 0 Å². The van der Waals surface area contributed by atoms with Gasteiger partial charge in [-0.1, -0.05) is 6.92 Å². The maximum absolute atomic E-state index is 5.70. The molecule has 1 N–H and O–H groups in total. The Morgan fingerprint density at radius 1 is 1.53 bits per heavy atom. The Bertz CT molecular complexity index is 371. The molecule has 0 aliphatic carbocycles. The van der Waals surface area contributed by atoms with Crippen LogP contribution < -0.4 is 5.32 Å². The Morgan fingerprint density at radius 3 is 3.21 bits per heavy atom. The minimum Gasteiger partial charge on any atom is -0.383 e. The monoisotopic (exact) mass is 269 g/mol. The Balaban J connectivity index is 1.84. The van der Waals surface area contributed by atoms with Crippen LogP contribution >= 0.6 is 0 Å². The largest absolute Gasteiger partial charge is 0.383 e. The quantitative estimate of drug-likeness (QED) is 0.681. The highest BCUT2D eigenvalue weighted by Gasteiger charge is 2.28. The van der Waals surface area contributed by atoms with E-state index >= 15 is 0 Å². The zero-order chi connectivity index (χ0) is 13.5. The van der Waals surface area contributed by atoms with Gasteiger partial charge in [0.05, 0.1) is 25.8 Å². The van der Waals surface area contributed by atoms with E-state index in [-0.39, 0.29) is 0 Å². The summed E-state index contributed by atoms with van der Waals surface area (Å²) in [6.07, 6.45) is 2.49. The first-order valence-corrected chi connectivity index (χ1v) is 6.91. The van der Waals surface area contributed by atoms with Crippen LogP contribution in [-0.4, -0.2) is 53.2 Å². The van der Waals surface area contributed by atoms with Crippen LogP contribution in [0, 0.1) is 5.92 Å². The smallest absolute Gasteiger partial charge is 0.165 e. The normalized spacial score (nSPS) is 23.1. The minimum atomic E-state index is 0.346. The van der Waals surface area contributed by atoms with Crippen LogP contribution in [0.15, 0.2) is 0 Å². The third-order valence-electron chi connectivity index (χ3n) is 3.53. The SMILES string of the molecule is CCC1OCCC1Cn1nnnc1CNCCOC. The molecule has 19 heavy (non-hydrogen) atoms. The lowest BCUT2D eigenvalue weighted by Crippen LogP contribution is -2.25. The van der Waals surface area contributed by atoms with Crippen molar-refractivity contribution in [3.05, 3.63) is 5.82 Å². The number of hydrogen-bond donors (Lipinski definition) is 1. The molecule has 2 rings (SSSR count). The fourth-order valence-electron chi connectivity index (χ4n) is 2.44. The predicted octanol–water partition coefficient (Wildman–Crippen LogP) is 0.224. The first kappa shape index (κ1) is 14.4. The van der Waals surface area contributed by atoms with Crippen molar-refractivity contribution in [2.75, 3.05) is 26.9 Å². The third-order valence-corrected chi connectivity index (χ3v) is 3.53. The number of nitrogens with one attached hydrogen (secondary N) is 1. The summed E-state index contributed by atoms with van der Waals surface area (Å²) in [5.74, 6) is 1.39. The molecular weight excluding hydrogens is 246 g/mol. The van der Waals surface area contributed by atoms with Crippen LogP contribution in [0.25, 0.3) is 0 Å². The van der Waals surface area contributed by atoms with Crippen molar-refractivity contribution in [2.45, 2.75) is 39.0 Å². The van der Waals surface area contributed by atoms with Crippen LogP contribution in [0.1, 0.15) is 25.6 Å². The lowest BCUT2D eigenvalue weighted by molar-refractivity contribution is 0.0821. The Labute approximate surface area is 113 Å². The maximum atomic E-state index is 5.70. The van der Waals surface area contributed by atoms with Crippen molar-refractivity contribution >= 4 is 0 Å². The van der Waals surface area contributed by atoms with E-state index in [1.165, 1.54) is 0 Å². The molecule has 2 heterocycles. The Kier molecular flexibility index (Phi) is 5.68. The molecule has 1 saturated heterocycles. The molecule has 0 radical (unpaired) electrons. The molecule has 0 bridgehead atoms. The van der Waals surface area contributed by atoms with Crippen molar-refractivity contribution in [3.8, 4) is 0 Å². The number of nitrogens with zero attached hydrogens (tertiary/aromatic N) is 4. The van der Waals surface area contributed by atoms with Crippen LogP contribution in [0.5, 0.6) is 0 Å². The number of hydrogen-bond acceptors (Lipinski definition) is 6. The van der Waals surface area contributed by atoms with Crippen molar-refractivity contribution in [1.29, 1.82) is 0 Å². The summed E-state index contributed by atoms with van der Waals surface area (Å²) in [5, 5.41) is 15.2. The highest BCUT2D eigenvalue weighted by atomic mass is 16.5. The average Bonchev–Trinajstić information content (AvgIpc) is 3.04. The number of tetrazole rings is 1. The fourth-order valence-corrected chi connectivity index (χ4v) is 2.44. The van der Waals surface area contributed by atoms with E-state index in [0.717, 1.165) is 38.4 Å². The van der Waals surface area contributed by atoms with E-state index < -0.39 is 0 Å². The fraction of sp³-hybridized carbons (Fsp3) is 0.917. The summed E-state index contributed by atoms with van der Waals surface area (Å²) in [6, 6.07) is 0. The van der Waals surface area contributed by atoms with Gasteiger partial charge in [0.1, 0.15) is 0 Å². The molecule has 1 aliphatic heterocycles. The second-order valence-electron chi connectivity index (χ2n) is 4.81. The second-order valence-corrected chi connectivity index (χ2v) is 4.81. The predicted molar refractivity (Wildman–Crippen MR) is 69.5 cm³/mol. The molecule has 0 spiro atoms. The summed E-state index contributed by atoms with van der Waals surface area (Å²) < 4.78 is 12.6. The van der Waals surface area contributed by atoms with E-state index in [2.05, 4.69) is 27.8 Å². The minimum absolute atomic E-state index is 0.346. The Hall–Kier alpha value is -1.05. The van der Waals surface area contributed by atoms with Gasteiger partial charge in [0, 0.05) is 26.2 Å². The van der Waals surface area contributed by atoms with E-state index in [1.54, 1.807) is 7.11 Å². The lowest BCUT2D eigenvalue weighted by Gasteiger charge is -2.17. The van der Waals surface area contributed by atoms with E-state index in [4.69, 9.17) is 9.47 Å². The molecule has 7 nitrogen and oxygen atoms in total. The summed E-state index contributed by atoms with van der Waals surface area (Å²) in [6.45, 7) is 6.01. The van der Waals surface area contributed by atoms with E-state index in [1.807, 2.05) is 4.68 Å². The van der Waals surface area contributed by atoms with Gasteiger partial charge in [-0.3, -0.25) is 0 Å². The van der Waals surface area contributed by atoms with Crippen molar-refractivity contribution in [2.24, 2.45) is 5.92 Å². The van der Waals surface area contributed by atoms with Gasteiger partial charge in [-0.25, -0.2) is 4.68 Å². The highest BCUT2D eigenvalue weighted by molar-refractivity contribution is 4.83.